The quantitative estimate of drug-likeness (QED) is 0.357. The molecule has 1 saturated heterocycles. The van der Waals surface area contributed by atoms with E-state index in [-0.39, 0.29) is 30.1 Å². The lowest BCUT2D eigenvalue weighted by molar-refractivity contribution is 0.0261. The molecule has 0 spiro atoms. The second-order valence-corrected chi connectivity index (χ2v) is 7.28. The number of hydrogen-bond acceptors (Lipinski definition) is 4. The predicted octanol–water partition coefficient (Wildman–Crippen LogP) is 2.94. The smallest absolute Gasteiger partial charge is 0.410 e. The average molecular weight is 484 g/mol. The van der Waals surface area contributed by atoms with Crippen LogP contribution in [0.4, 0.5) is 4.79 Å². The Morgan fingerprint density at radius 3 is 2.38 bits per heavy atom. The number of aliphatic imine (C=N–C) groups is 1. The maximum absolute atomic E-state index is 12.0. The monoisotopic (exact) mass is 484 g/mol. The zero-order valence-corrected chi connectivity index (χ0v) is 19.5. The van der Waals surface area contributed by atoms with Gasteiger partial charge in [0.25, 0.3) is 0 Å². The van der Waals surface area contributed by atoms with Crippen molar-refractivity contribution in [1.29, 1.82) is 0 Å². The van der Waals surface area contributed by atoms with Crippen molar-refractivity contribution in [2.45, 2.75) is 59.2 Å². The number of carbonyl (C=O) groups excluding carboxylic acids is 1. The molecule has 0 aliphatic carbocycles. The van der Waals surface area contributed by atoms with Crippen LogP contribution in [-0.2, 0) is 9.47 Å². The number of carbonyl (C=O) groups is 1. The van der Waals surface area contributed by atoms with Gasteiger partial charge in [-0.1, -0.05) is 0 Å². The SMILES string of the molecule is CCNC(=NCCN(C)C(=O)OC(C)(C)C)N1CCC(OCC)CC1.I. The molecule has 1 heterocycles. The highest BCUT2D eigenvalue weighted by Crippen LogP contribution is 2.14. The van der Waals surface area contributed by atoms with E-state index in [9.17, 15) is 4.79 Å². The van der Waals surface area contributed by atoms with E-state index in [0.717, 1.165) is 45.0 Å². The van der Waals surface area contributed by atoms with Crippen LogP contribution in [0.2, 0.25) is 0 Å². The van der Waals surface area contributed by atoms with Crippen LogP contribution in [0, 0.1) is 0 Å². The number of ether oxygens (including phenoxy) is 2. The molecule has 154 valence electrons. The highest BCUT2D eigenvalue weighted by atomic mass is 127. The van der Waals surface area contributed by atoms with E-state index in [2.05, 4.69) is 22.1 Å². The number of amides is 1. The number of guanidine groups is 1. The number of halogens is 1. The van der Waals surface area contributed by atoms with Crippen LogP contribution in [0.1, 0.15) is 47.5 Å². The van der Waals surface area contributed by atoms with Crippen LogP contribution >= 0.6 is 24.0 Å². The van der Waals surface area contributed by atoms with Crippen molar-refractivity contribution in [3.63, 3.8) is 0 Å². The lowest BCUT2D eigenvalue weighted by atomic mass is 10.1. The zero-order chi connectivity index (χ0) is 18.9. The standard InChI is InChI=1S/C18H36N4O3.HI/c1-7-19-16(22-12-9-15(10-13-22)24-8-2)20-11-14-21(6)17(23)25-18(3,4)5;/h15H,7-14H2,1-6H3,(H,19,20);1H. The molecular formula is C18H37IN4O3. The Balaban J connectivity index is 0.00000625. The highest BCUT2D eigenvalue weighted by Gasteiger charge is 2.22. The summed E-state index contributed by atoms with van der Waals surface area (Å²) in [6.45, 7) is 14.3. The molecule has 0 aromatic carbocycles. The van der Waals surface area contributed by atoms with Gasteiger partial charge in [0.15, 0.2) is 5.96 Å². The fourth-order valence-corrected chi connectivity index (χ4v) is 2.63. The Morgan fingerprint density at radius 1 is 1.27 bits per heavy atom. The van der Waals surface area contributed by atoms with Crippen molar-refractivity contribution in [2.75, 3.05) is 46.4 Å². The first kappa shape index (κ1) is 25.2. The molecule has 1 aliphatic heterocycles. The minimum absolute atomic E-state index is 0. The fraction of sp³-hybridized carbons (Fsp3) is 0.889. The summed E-state index contributed by atoms with van der Waals surface area (Å²) in [4.78, 5) is 20.5. The molecular weight excluding hydrogens is 447 g/mol. The normalized spacial score (nSPS) is 16.1. The molecule has 0 aromatic rings. The van der Waals surface area contributed by atoms with Gasteiger partial charge >= 0.3 is 6.09 Å². The summed E-state index contributed by atoms with van der Waals surface area (Å²) in [5.41, 5.74) is -0.478. The number of hydrogen-bond donors (Lipinski definition) is 1. The predicted molar refractivity (Wildman–Crippen MR) is 116 cm³/mol. The molecule has 0 bridgehead atoms. The van der Waals surface area contributed by atoms with Gasteiger partial charge in [-0.05, 0) is 47.5 Å². The van der Waals surface area contributed by atoms with Gasteiger partial charge < -0.3 is 24.6 Å². The van der Waals surface area contributed by atoms with Crippen LogP contribution in [0.3, 0.4) is 0 Å². The van der Waals surface area contributed by atoms with Crippen LogP contribution < -0.4 is 5.32 Å². The summed E-state index contributed by atoms with van der Waals surface area (Å²) >= 11 is 0. The third kappa shape index (κ3) is 9.80. The Kier molecular flexibility index (Phi) is 12.2. The maximum Gasteiger partial charge on any atom is 0.410 e. The summed E-state index contributed by atoms with van der Waals surface area (Å²) in [5, 5.41) is 3.34. The first-order chi connectivity index (χ1) is 11.8. The topological polar surface area (TPSA) is 66.4 Å². The van der Waals surface area contributed by atoms with E-state index >= 15 is 0 Å². The van der Waals surface area contributed by atoms with Crippen molar-refractivity contribution in [1.82, 2.24) is 15.1 Å². The van der Waals surface area contributed by atoms with E-state index in [4.69, 9.17) is 9.47 Å². The van der Waals surface area contributed by atoms with Gasteiger partial charge in [-0.15, -0.1) is 24.0 Å². The van der Waals surface area contributed by atoms with Crippen LogP contribution in [0.5, 0.6) is 0 Å². The Hall–Kier alpha value is -0.770. The van der Waals surface area contributed by atoms with Gasteiger partial charge in [0.2, 0.25) is 0 Å². The second kappa shape index (κ2) is 12.6. The molecule has 8 heteroatoms. The summed E-state index contributed by atoms with van der Waals surface area (Å²) < 4.78 is 11.1. The molecule has 26 heavy (non-hydrogen) atoms. The van der Waals surface area contributed by atoms with Crippen molar-refractivity contribution in [2.24, 2.45) is 4.99 Å². The summed E-state index contributed by atoms with van der Waals surface area (Å²) in [7, 11) is 1.74. The second-order valence-electron chi connectivity index (χ2n) is 7.28. The molecule has 1 amide bonds. The highest BCUT2D eigenvalue weighted by molar-refractivity contribution is 14.0. The average Bonchev–Trinajstić information content (AvgIpc) is 2.53. The number of nitrogens with zero attached hydrogens (tertiary/aromatic N) is 3. The van der Waals surface area contributed by atoms with Crippen molar-refractivity contribution < 1.29 is 14.3 Å². The first-order valence-electron chi connectivity index (χ1n) is 9.35. The van der Waals surface area contributed by atoms with E-state index in [1.54, 1.807) is 11.9 Å². The minimum Gasteiger partial charge on any atom is -0.444 e. The summed E-state index contributed by atoms with van der Waals surface area (Å²) in [6.07, 6.45) is 2.10. The first-order valence-corrected chi connectivity index (χ1v) is 9.35. The largest absolute Gasteiger partial charge is 0.444 e. The molecule has 1 N–H and O–H groups in total. The van der Waals surface area contributed by atoms with Crippen molar-refractivity contribution in [3.8, 4) is 0 Å². The third-order valence-corrected chi connectivity index (χ3v) is 3.88. The minimum atomic E-state index is -0.478. The summed E-state index contributed by atoms with van der Waals surface area (Å²) in [5.74, 6) is 0.912. The number of piperidine rings is 1. The maximum atomic E-state index is 12.0. The van der Waals surface area contributed by atoms with E-state index in [1.165, 1.54) is 0 Å². The van der Waals surface area contributed by atoms with Crippen LogP contribution in [0.25, 0.3) is 0 Å². The van der Waals surface area contributed by atoms with Crippen molar-refractivity contribution >= 4 is 36.0 Å². The van der Waals surface area contributed by atoms with Gasteiger partial charge in [-0.3, -0.25) is 4.99 Å². The molecule has 0 saturated carbocycles. The molecule has 0 atom stereocenters. The van der Waals surface area contributed by atoms with Crippen LogP contribution in [0.15, 0.2) is 4.99 Å². The zero-order valence-electron chi connectivity index (χ0n) is 17.2. The van der Waals surface area contributed by atoms with E-state index in [1.807, 2.05) is 27.7 Å². The number of rotatable bonds is 6. The summed E-state index contributed by atoms with van der Waals surface area (Å²) in [6, 6.07) is 0. The molecule has 1 rings (SSSR count). The van der Waals surface area contributed by atoms with E-state index < -0.39 is 5.60 Å². The molecule has 7 nitrogen and oxygen atoms in total. The third-order valence-electron chi connectivity index (χ3n) is 3.88. The van der Waals surface area contributed by atoms with Crippen molar-refractivity contribution in [3.05, 3.63) is 0 Å². The lowest BCUT2D eigenvalue weighted by Gasteiger charge is -2.34. The Labute approximate surface area is 175 Å². The van der Waals surface area contributed by atoms with Gasteiger partial charge in [0.1, 0.15) is 5.60 Å². The number of nitrogens with one attached hydrogen (secondary N) is 1. The van der Waals surface area contributed by atoms with Crippen LogP contribution in [-0.4, -0.2) is 79.9 Å². The van der Waals surface area contributed by atoms with Gasteiger partial charge in [-0.2, -0.15) is 0 Å². The fourth-order valence-electron chi connectivity index (χ4n) is 2.63. The van der Waals surface area contributed by atoms with Gasteiger partial charge in [0, 0.05) is 39.8 Å². The Morgan fingerprint density at radius 2 is 1.88 bits per heavy atom. The van der Waals surface area contributed by atoms with E-state index in [0.29, 0.717) is 19.2 Å². The molecule has 1 fully saturated rings. The lowest BCUT2D eigenvalue weighted by Crippen LogP contribution is -2.47. The molecule has 0 unspecified atom stereocenters. The molecule has 1 aliphatic rings. The Bertz CT molecular complexity index is 433. The molecule has 0 aromatic heterocycles. The van der Waals surface area contributed by atoms with Gasteiger partial charge in [-0.25, -0.2) is 4.79 Å². The number of likely N-dealkylation sites (tertiary alicyclic amines) is 1. The number of likely N-dealkylation sites (N-methyl/N-ethyl adjacent to an activating group) is 1. The van der Waals surface area contributed by atoms with Gasteiger partial charge in [0.05, 0.1) is 12.6 Å². The molecule has 0 radical (unpaired) electrons.